The summed E-state index contributed by atoms with van der Waals surface area (Å²) in [4.78, 5) is 30.4. The van der Waals surface area contributed by atoms with Gasteiger partial charge >= 0.3 is 0 Å². The molecule has 1 aromatic carbocycles. The fourth-order valence-corrected chi connectivity index (χ4v) is 5.55. The molecule has 0 bridgehead atoms. The van der Waals surface area contributed by atoms with Crippen LogP contribution in [0.5, 0.6) is 0 Å². The van der Waals surface area contributed by atoms with Crippen LogP contribution in [0.3, 0.4) is 0 Å². The minimum Gasteiger partial charge on any atom is -0.339 e. The van der Waals surface area contributed by atoms with Crippen LogP contribution in [-0.2, 0) is 33.1 Å². The number of halogens is 2. The molecule has 1 spiro atoms. The molecule has 2 aromatic heterocycles. The Labute approximate surface area is 205 Å². The largest absolute Gasteiger partial charge is 0.339 e. The maximum atomic E-state index is 14.9. The number of hydrogen-bond donors (Lipinski definition) is 2. The summed E-state index contributed by atoms with van der Waals surface area (Å²) in [7, 11) is -3.63. The molecule has 12 heteroatoms. The van der Waals surface area contributed by atoms with Gasteiger partial charge in [0, 0.05) is 23.6 Å². The molecule has 9 nitrogen and oxygen atoms in total. The second-order valence-corrected chi connectivity index (χ2v) is 11.5. The van der Waals surface area contributed by atoms with Crippen LogP contribution in [0, 0.1) is 18.6 Å². The van der Waals surface area contributed by atoms with E-state index in [2.05, 4.69) is 20.7 Å². The Morgan fingerprint density at radius 3 is 2.75 bits per heavy atom. The highest BCUT2D eigenvalue weighted by atomic mass is 32.2. The Bertz CT molecular complexity index is 1520. The van der Waals surface area contributed by atoms with Gasteiger partial charge in [0.1, 0.15) is 28.8 Å². The lowest BCUT2D eigenvalue weighted by Crippen LogP contribution is -2.53. The summed E-state index contributed by atoms with van der Waals surface area (Å²) < 4.78 is 54.0. The fraction of sp³-hybridized carbons (Fsp3) is 0.333. The van der Waals surface area contributed by atoms with E-state index >= 15 is 0 Å². The van der Waals surface area contributed by atoms with Crippen LogP contribution in [-0.4, -0.2) is 46.5 Å². The molecule has 1 atom stereocenters. The Hall–Kier alpha value is -3.67. The number of pyridine rings is 1. The minimum absolute atomic E-state index is 0.00350. The molecule has 36 heavy (non-hydrogen) atoms. The van der Waals surface area contributed by atoms with Crippen molar-refractivity contribution in [3.63, 3.8) is 0 Å². The number of benzene rings is 1. The van der Waals surface area contributed by atoms with Crippen LogP contribution < -0.4 is 10.6 Å². The first kappa shape index (κ1) is 24.0. The number of fused-ring (bicyclic) bond motifs is 3. The first-order valence-electron chi connectivity index (χ1n) is 11.4. The van der Waals surface area contributed by atoms with Crippen molar-refractivity contribution in [3.8, 4) is 11.4 Å². The van der Waals surface area contributed by atoms with Crippen molar-refractivity contribution in [2.24, 2.45) is 0 Å². The van der Waals surface area contributed by atoms with Gasteiger partial charge < -0.3 is 10.6 Å². The van der Waals surface area contributed by atoms with Gasteiger partial charge in [-0.2, -0.15) is 5.10 Å². The lowest BCUT2D eigenvalue weighted by atomic mass is 9.89. The summed E-state index contributed by atoms with van der Waals surface area (Å²) in [6.45, 7) is 3.31. The van der Waals surface area contributed by atoms with Crippen LogP contribution in [0.15, 0.2) is 30.5 Å². The number of nitrogens with one attached hydrogen (secondary N) is 2. The van der Waals surface area contributed by atoms with E-state index in [0.717, 1.165) is 11.6 Å². The topological polar surface area (TPSA) is 123 Å². The molecular weight excluding hydrogens is 492 g/mol. The third-order valence-electron chi connectivity index (χ3n) is 6.59. The predicted octanol–water partition coefficient (Wildman–Crippen LogP) is 2.49. The molecule has 5 rings (SSSR count). The molecule has 0 radical (unpaired) electrons. The average Bonchev–Trinajstić information content (AvgIpc) is 3.32. The number of carbonyl (C=O) groups excluding carboxylic acids is 2. The molecule has 1 aliphatic carbocycles. The number of carbonyl (C=O) groups is 2. The van der Waals surface area contributed by atoms with E-state index in [1.54, 1.807) is 18.3 Å². The van der Waals surface area contributed by atoms with E-state index in [0.29, 0.717) is 24.1 Å². The van der Waals surface area contributed by atoms with E-state index in [1.165, 1.54) is 17.7 Å². The molecule has 0 unspecified atom stereocenters. The fourth-order valence-electron chi connectivity index (χ4n) is 4.88. The molecule has 3 aromatic rings. The monoisotopic (exact) mass is 515 g/mol. The third-order valence-corrected chi connectivity index (χ3v) is 8.17. The van der Waals surface area contributed by atoms with Crippen molar-refractivity contribution in [1.29, 1.82) is 0 Å². The highest BCUT2D eigenvalue weighted by molar-refractivity contribution is 7.92. The number of aryl methyl sites for hydroxylation is 2. The van der Waals surface area contributed by atoms with E-state index in [1.807, 2.05) is 6.92 Å². The molecule has 2 aliphatic rings. The zero-order valence-electron chi connectivity index (χ0n) is 19.6. The molecule has 1 aliphatic heterocycles. The molecule has 3 heterocycles. The number of amides is 2. The number of aromatic nitrogens is 3. The van der Waals surface area contributed by atoms with Gasteiger partial charge in [0.05, 0.1) is 17.8 Å². The van der Waals surface area contributed by atoms with Crippen molar-refractivity contribution < 1.29 is 26.8 Å². The second kappa shape index (κ2) is 8.47. The summed E-state index contributed by atoms with van der Waals surface area (Å²) in [5, 5.41) is 9.95. The van der Waals surface area contributed by atoms with Gasteiger partial charge in [-0.3, -0.25) is 19.3 Å². The quantitative estimate of drug-likeness (QED) is 0.538. The van der Waals surface area contributed by atoms with Crippen molar-refractivity contribution in [2.75, 3.05) is 16.8 Å². The van der Waals surface area contributed by atoms with Gasteiger partial charge in [-0.1, -0.05) is 13.0 Å². The van der Waals surface area contributed by atoms with E-state index < -0.39 is 44.6 Å². The van der Waals surface area contributed by atoms with Crippen LogP contribution in [0.1, 0.15) is 40.5 Å². The summed E-state index contributed by atoms with van der Waals surface area (Å²) >= 11 is 0. The third kappa shape index (κ3) is 4.04. The molecule has 2 N–H and O–H groups in total. The van der Waals surface area contributed by atoms with Crippen molar-refractivity contribution in [2.45, 2.75) is 38.8 Å². The number of nitrogens with zero attached hydrogens (tertiary/aromatic N) is 3. The number of anilines is 1. The first-order valence-corrected chi connectivity index (χ1v) is 13.2. The molecule has 0 saturated heterocycles. The highest BCUT2D eigenvalue weighted by Crippen LogP contribution is 2.44. The maximum absolute atomic E-state index is 14.9. The predicted molar refractivity (Wildman–Crippen MR) is 127 cm³/mol. The smallest absolute Gasteiger partial charge is 0.272 e. The summed E-state index contributed by atoms with van der Waals surface area (Å²) in [5.74, 6) is -3.86. The lowest BCUT2D eigenvalue weighted by Gasteiger charge is -2.36. The Kier molecular flexibility index (Phi) is 5.66. The van der Waals surface area contributed by atoms with Gasteiger partial charge in [-0.15, -0.1) is 0 Å². The second-order valence-electron chi connectivity index (χ2n) is 9.13. The highest BCUT2D eigenvalue weighted by Gasteiger charge is 2.48. The molecule has 188 valence electrons. The molecule has 0 saturated carbocycles. The van der Waals surface area contributed by atoms with Gasteiger partial charge in [0.25, 0.3) is 5.91 Å². The van der Waals surface area contributed by atoms with Gasteiger partial charge in [0.15, 0.2) is 15.5 Å². The van der Waals surface area contributed by atoms with Crippen LogP contribution >= 0.6 is 0 Å². The molecule has 0 fully saturated rings. The summed E-state index contributed by atoms with van der Waals surface area (Å²) in [6, 6.07) is 5.51. The van der Waals surface area contributed by atoms with Crippen LogP contribution in [0.25, 0.3) is 11.4 Å². The number of sulfone groups is 1. The van der Waals surface area contributed by atoms with Gasteiger partial charge in [0.2, 0.25) is 5.91 Å². The van der Waals surface area contributed by atoms with E-state index in [9.17, 15) is 26.8 Å². The molecule has 2 amide bonds. The summed E-state index contributed by atoms with van der Waals surface area (Å²) in [5.41, 5.74) is 0.979. The van der Waals surface area contributed by atoms with Crippen LogP contribution in [0.2, 0.25) is 0 Å². The zero-order valence-corrected chi connectivity index (χ0v) is 20.4. The van der Waals surface area contributed by atoms with Crippen molar-refractivity contribution in [1.82, 2.24) is 20.1 Å². The Morgan fingerprint density at radius 2 is 2.06 bits per heavy atom. The number of rotatable bonds is 5. The van der Waals surface area contributed by atoms with Crippen LogP contribution in [0.4, 0.5) is 14.5 Å². The SMILES string of the molecule is CCS(=O)(=O)CC(=O)Nc1c(-c2ccc(C)cn2)nn2c1C(=O)N[C@@]1(CCc3cc(F)cc(F)c31)C2. The average molecular weight is 516 g/mol. The summed E-state index contributed by atoms with van der Waals surface area (Å²) in [6.07, 6.45) is 2.30. The van der Waals surface area contributed by atoms with E-state index in [-0.39, 0.29) is 34.9 Å². The Morgan fingerprint density at radius 1 is 1.28 bits per heavy atom. The van der Waals surface area contributed by atoms with Crippen molar-refractivity contribution >= 4 is 27.3 Å². The standard InChI is InChI=1S/C24H23F2N5O4S/c1-3-36(34,35)11-18(32)28-21-20(17-5-4-13(2)10-27-17)30-31-12-24(29-23(33)22(21)31)7-6-14-8-15(25)9-16(26)19(14)24/h4-5,8-10H,3,6-7,11-12H2,1-2H3,(H,28,32)(H,29,33)/t24-/m0/s1. The normalized spacial score (nSPS) is 18.6. The molecular formula is C24H23F2N5O4S. The minimum atomic E-state index is -3.63. The van der Waals surface area contributed by atoms with Gasteiger partial charge in [-0.25, -0.2) is 17.2 Å². The first-order chi connectivity index (χ1) is 17.0. The lowest BCUT2D eigenvalue weighted by molar-refractivity contribution is -0.113. The van der Waals surface area contributed by atoms with Crippen molar-refractivity contribution in [3.05, 3.63) is 64.5 Å². The Balaban J connectivity index is 1.61. The van der Waals surface area contributed by atoms with E-state index in [4.69, 9.17) is 0 Å². The maximum Gasteiger partial charge on any atom is 0.272 e. The number of hydrogen-bond acceptors (Lipinski definition) is 6. The van der Waals surface area contributed by atoms with Gasteiger partial charge in [-0.05, 0) is 43.0 Å². The zero-order chi connectivity index (χ0) is 25.8.